The van der Waals surface area contributed by atoms with E-state index in [4.69, 9.17) is 16.3 Å². The van der Waals surface area contributed by atoms with E-state index < -0.39 is 5.97 Å². The molecule has 0 fully saturated rings. The number of halogens is 1. The second-order valence-corrected chi connectivity index (χ2v) is 5.87. The number of esters is 1. The lowest BCUT2D eigenvalue weighted by Crippen LogP contribution is -2.12. The number of aryl methyl sites for hydroxylation is 1. The van der Waals surface area contributed by atoms with E-state index in [1.807, 2.05) is 19.1 Å². The van der Waals surface area contributed by atoms with Gasteiger partial charge in [-0.2, -0.15) is 0 Å². The molecule has 0 aliphatic rings. The van der Waals surface area contributed by atoms with Crippen LogP contribution in [-0.2, 0) is 0 Å². The minimum atomic E-state index is -0.579. The Labute approximate surface area is 132 Å². The maximum Gasteiger partial charge on any atom is 0.364 e. The molecule has 0 bridgehead atoms. The van der Waals surface area contributed by atoms with E-state index in [1.54, 1.807) is 12.1 Å². The predicted molar refractivity (Wildman–Crippen MR) is 84.2 cm³/mol. The molecule has 1 aromatic carbocycles. The summed E-state index contributed by atoms with van der Waals surface area (Å²) in [6.45, 7) is 4.03. The first-order valence-electron chi connectivity index (χ1n) is 6.54. The lowest BCUT2D eigenvalue weighted by molar-refractivity contribution is 0.0727. The summed E-state index contributed by atoms with van der Waals surface area (Å²) in [5, 5.41) is 0.713. The molecule has 0 radical (unpaired) electrons. The van der Waals surface area contributed by atoms with Crippen LogP contribution in [0.3, 0.4) is 0 Å². The molecular formula is C15H15ClN2O2S. The van der Waals surface area contributed by atoms with Crippen LogP contribution in [0.4, 0.5) is 0 Å². The molecule has 6 heteroatoms. The summed E-state index contributed by atoms with van der Waals surface area (Å²) in [5.74, 6) is 0.765. The quantitative estimate of drug-likeness (QED) is 0.358. The van der Waals surface area contributed by atoms with Crippen molar-refractivity contribution >= 4 is 29.3 Å². The second kappa shape index (κ2) is 7.43. The van der Waals surface area contributed by atoms with Crippen molar-refractivity contribution in [1.29, 1.82) is 0 Å². The van der Waals surface area contributed by atoms with Crippen LogP contribution >= 0.6 is 23.4 Å². The average molecular weight is 323 g/mol. The summed E-state index contributed by atoms with van der Waals surface area (Å²) in [6, 6.07) is 7.20. The molecule has 2 rings (SSSR count). The first-order valence-corrected chi connectivity index (χ1v) is 7.90. The van der Waals surface area contributed by atoms with Gasteiger partial charge in [-0.1, -0.05) is 48.0 Å². The van der Waals surface area contributed by atoms with Crippen LogP contribution < -0.4 is 4.74 Å². The van der Waals surface area contributed by atoms with Gasteiger partial charge in [0.1, 0.15) is 5.75 Å². The Hall–Kier alpha value is -1.59. The van der Waals surface area contributed by atoms with Crippen LogP contribution in [0.15, 0.2) is 35.6 Å². The lowest BCUT2D eigenvalue weighted by Gasteiger charge is -2.06. The van der Waals surface area contributed by atoms with Crippen molar-refractivity contribution in [2.24, 2.45) is 0 Å². The van der Waals surface area contributed by atoms with Crippen LogP contribution in [-0.4, -0.2) is 21.7 Å². The van der Waals surface area contributed by atoms with Crippen LogP contribution in [0.2, 0.25) is 5.02 Å². The Kier molecular flexibility index (Phi) is 5.59. The lowest BCUT2D eigenvalue weighted by atomic mass is 10.2. The number of carbonyl (C=O) groups excluding carboxylic acids is 1. The fourth-order valence-electron chi connectivity index (χ4n) is 1.52. The van der Waals surface area contributed by atoms with Gasteiger partial charge >= 0.3 is 5.97 Å². The van der Waals surface area contributed by atoms with Gasteiger partial charge in [-0.25, -0.2) is 14.8 Å². The van der Waals surface area contributed by atoms with Gasteiger partial charge in [0.25, 0.3) is 0 Å². The van der Waals surface area contributed by atoms with Gasteiger partial charge in [0, 0.05) is 5.75 Å². The number of rotatable bonds is 5. The molecule has 0 saturated heterocycles. The number of hydrogen-bond donors (Lipinski definition) is 0. The highest BCUT2D eigenvalue weighted by molar-refractivity contribution is 7.99. The average Bonchev–Trinajstić information content (AvgIpc) is 2.48. The number of aromatic nitrogens is 2. The standard InChI is InChI=1S/C15H15ClN2O2S/c1-3-8-21-15-17-9-12(16)13(18-15)14(19)20-11-6-4-10(2)5-7-11/h4-7,9H,3,8H2,1-2H3. The molecule has 2 aromatic rings. The fourth-order valence-corrected chi connectivity index (χ4v) is 2.36. The van der Waals surface area contributed by atoms with Gasteiger partial charge in [0.15, 0.2) is 10.9 Å². The zero-order valence-corrected chi connectivity index (χ0v) is 13.4. The van der Waals surface area contributed by atoms with Crippen molar-refractivity contribution in [2.45, 2.75) is 25.4 Å². The van der Waals surface area contributed by atoms with Crippen LogP contribution in [0.5, 0.6) is 5.75 Å². The summed E-state index contributed by atoms with van der Waals surface area (Å²) >= 11 is 7.46. The second-order valence-electron chi connectivity index (χ2n) is 4.40. The zero-order chi connectivity index (χ0) is 15.2. The molecule has 0 N–H and O–H groups in total. The number of hydrogen-bond acceptors (Lipinski definition) is 5. The molecule has 0 atom stereocenters. The Bertz CT molecular complexity index is 632. The highest BCUT2D eigenvalue weighted by Gasteiger charge is 2.16. The SMILES string of the molecule is CCCSc1ncc(Cl)c(C(=O)Oc2ccc(C)cc2)n1. The zero-order valence-electron chi connectivity index (χ0n) is 11.8. The van der Waals surface area contributed by atoms with Gasteiger partial charge in [0.05, 0.1) is 11.2 Å². The van der Waals surface area contributed by atoms with Gasteiger partial charge in [-0.3, -0.25) is 0 Å². The van der Waals surface area contributed by atoms with E-state index in [0.29, 0.717) is 10.9 Å². The largest absolute Gasteiger partial charge is 0.422 e. The van der Waals surface area contributed by atoms with Crippen molar-refractivity contribution in [1.82, 2.24) is 9.97 Å². The predicted octanol–water partition coefficient (Wildman–Crippen LogP) is 4.16. The molecule has 21 heavy (non-hydrogen) atoms. The summed E-state index contributed by atoms with van der Waals surface area (Å²) in [7, 11) is 0. The van der Waals surface area contributed by atoms with E-state index in [0.717, 1.165) is 17.7 Å². The van der Waals surface area contributed by atoms with E-state index in [-0.39, 0.29) is 10.7 Å². The third-order valence-electron chi connectivity index (χ3n) is 2.58. The van der Waals surface area contributed by atoms with Crippen molar-refractivity contribution in [3.63, 3.8) is 0 Å². The Morgan fingerprint density at radius 3 is 2.71 bits per heavy atom. The molecule has 0 saturated carbocycles. The van der Waals surface area contributed by atoms with E-state index in [9.17, 15) is 4.79 Å². The van der Waals surface area contributed by atoms with Gasteiger partial charge in [0.2, 0.25) is 0 Å². The number of ether oxygens (including phenoxy) is 1. The Morgan fingerprint density at radius 2 is 2.05 bits per heavy atom. The van der Waals surface area contributed by atoms with Crippen LogP contribution in [0.25, 0.3) is 0 Å². The smallest absolute Gasteiger partial charge is 0.364 e. The van der Waals surface area contributed by atoms with E-state index in [2.05, 4.69) is 16.9 Å². The van der Waals surface area contributed by atoms with E-state index >= 15 is 0 Å². The summed E-state index contributed by atoms with van der Waals surface area (Å²) in [5.41, 5.74) is 1.18. The molecule has 110 valence electrons. The fraction of sp³-hybridized carbons (Fsp3) is 0.267. The van der Waals surface area contributed by atoms with E-state index in [1.165, 1.54) is 18.0 Å². The minimum absolute atomic E-state index is 0.0887. The summed E-state index contributed by atoms with van der Waals surface area (Å²) < 4.78 is 5.27. The normalized spacial score (nSPS) is 10.4. The van der Waals surface area contributed by atoms with Gasteiger partial charge in [-0.05, 0) is 25.5 Å². The number of nitrogens with zero attached hydrogens (tertiary/aromatic N) is 2. The number of thioether (sulfide) groups is 1. The Morgan fingerprint density at radius 1 is 1.33 bits per heavy atom. The number of benzene rings is 1. The van der Waals surface area contributed by atoms with Crippen molar-refractivity contribution in [2.75, 3.05) is 5.75 Å². The highest BCUT2D eigenvalue weighted by atomic mass is 35.5. The first kappa shape index (κ1) is 15.8. The topological polar surface area (TPSA) is 52.1 Å². The molecule has 0 aliphatic carbocycles. The summed E-state index contributed by atoms with van der Waals surface area (Å²) in [6.07, 6.45) is 2.43. The van der Waals surface area contributed by atoms with Gasteiger partial charge in [-0.15, -0.1) is 0 Å². The van der Waals surface area contributed by atoms with Gasteiger partial charge < -0.3 is 4.74 Å². The van der Waals surface area contributed by atoms with Crippen molar-refractivity contribution in [3.05, 3.63) is 46.7 Å². The molecule has 0 unspecified atom stereocenters. The number of carbonyl (C=O) groups is 1. The molecule has 1 aromatic heterocycles. The third-order valence-corrected chi connectivity index (χ3v) is 3.93. The summed E-state index contributed by atoms with van der Waals surface area (Å²) in [4.78, 5) is 20.4. The highest BCUT2D eigenvalue weighted by Crippen LogP contribution is 2.21. The van der Waals surface area contributed by atoms with Crippen LogP contribution in [0.1, 0.15) is 29.4 Å². The van der Waals surface area contributed by atoms with Crippen LogP contribution in [0, 0.1) is 6.92 Å². The maximum atomic E-state index is 12.1. The van der Waals surface area contributed by atoms with Crippen molar-refractivity contribution < 1.29 is 9.53 Å². The molecular weight excluding hydrogens is 308 g/mol. The van der Waals surface area contributed by atoms with Crippen molar-refractivity contribution in [3.8, 4) is 5.75 Å². The monoisotopic (exact) mass is 322 g/mol. The Balaban J connectivity index is 2.15. The molecule has 1 heterocycles. The molecule has 0 amide bonds. The first-order chi connectivity index (χ1) is 10.1. The minimum Gasteiger partial charge on any atom is -0.422 e. The molecule has 0 aliphatic heterocycles. The third kappa shape index (κ3) is 4.44. The maximum absolute atomic E-state index is 12.1. The molecule has 0 spiro atoms. The molecule has 4 nitrogen and oxygen atoms in total.